The highest BCUT2D eigenvalue weighted by Crippen LogP contribution is 2.21. The molecule has 0 aromatic heterocycles. The molecule has 1 aliphatic rings. The van der Waals surface area contributed by atoms with E-state index in [9.17, 15) is 19.3 Å². The van der Waals surface area contributed by atoms with Gasteiger partial charge in [-0.05, 0) is 24.5 Å². The number of nitrogens with one attached hydrogen (secondary N) is 1. The fraction of sp³-hybridized carbons (Fsp3) is 0.364. The van der Waals surface area contributed by atoms with Crippen LogP contribution in [0.4, 0.5) is 10.1 Å². The number of nitro benzene ring substituents is 1. The molecule has 17 heavy (non-hydrogen) atoms. The second kappa shape index (κ2) is 4.48. The Labute approximate surface area is 96.8 Å². The fourth-order valence-electron chi connectivity index (χ4n) is 1.98. The van der Waals surface area contributed by atoms with E-state index < -0.39 is 10.7 Å². The first-order valence-electron chi connectivity index (χ1n) is 5.28. The number of nitro groups is 1. The molecule has 1 aliphatic heterocycles. The molecule has 2 rings (SSSR count). The Balaban J connectivity index is 2.20. The van der Waals surface area contributed by atoms with E-state index in [1.165, 1.54) is 12.1 Å². The van der Waals surface area contributed by atoms with Crippen molar-refractivity contribution in [3.63, 3.8) is 0 Å². The summed E-state index contributed by atoms with van der Waals surface area (Å²) in [7, 11) is 0. The molecule has 0 aliphatic carbocycles. The Morgan fingerprint density at radius 2 is 2.24 bits per heavy atom. The predicted octanol–water partition coefficient (Wildman–Crippen LogP) is 1.41. The minimum atomic E-state index is -0.646. The lowest BCUT2D eigenvalue weighted by Gasteiger charge is -2.06. The summed E-state index contributed by atoms with van der Waals surface area (Å²) in [6.45, 7) is 0.612. The summed E-state index contributed by atoms with van der Waals surface area (Å²) in [5, 5.41) is 13.2. The van der Waals surface area contributed by atoms with Crippen molar-refractivity contribution in [2.45, 2.75) is 12.8 Å². The minimum Gasteiger partial charge on any atom is -0.356 e. The first kappa shape index (κ1) is 11.5. The van der Waals surface area contributed by atoms with Crippen LogP contribution in [0.15, 0.2) is 18.2 Å². The molecule has 0 radical (unpaired) electrons. The van der Waals surface area contributed by atoms with E-state index in [0.717, 1.165) is 6.07 Å². The topological polar surface area (TPSA) is 72.2 Å². The summed E-state index contributed by atoms with van der Waals surface area (Å²) in [6.07, 6.45) is 1.02. The predicted molar refractivity (Wildman–Crippen MR) is 57.9 cm³/mol. The zero-order valence-electron chi connectivity index (χ0n) is 8.98. The van der Waals surface area contributed by atoms with Gasteiger partial charge in [-0.1, -0.05) is 0 Å². The maximum absolute atomic E-state index is 13.2. The number of carbonyl (C=O) groups is 1. The molecule has 0 spiro atoms. The first-order valence-corrected chi connectivity index (χ1v) is 5.28. The van der Waals surface area contributed by atoms with Crippen LogP contribution < -0.4 is 5.32 Å². The molecule has 1 atom stereocenters. The van der Waals surface area contributed by atoms with E-state index in [0.29, 0.717) is 24.9 Å². The van der Waals surface area contributed by atoms with Gasteiger partial charge in [0.25, 0.3) is 5.69 Å². The second-order valence-electron chi connectivity index (χ2n) is 4.06. The number of halogens is 1. The van der Waals surface area contributed by atoms with Gasteiger partial charge >= 0.3 is 0 Å². The van der Waals surface area contributed by atoms with Crippen molar-refractivity contribution in [2.75, 3.05) is 6.54 Å². The first-order chi connectivity index (χ1) is 8.06. The minimum absolute atomic E-state index is 0.0723. The Morgan fingerprint density at radius 1 is 1.47 bits per heavy atom. The highest BCUT2D eigenvalue weighted by molar-refractivity contribution is 5.80. The zero-order chi connectivity index (χ0) is 12.4. The standard InChI is InChI=1S/C11H11FN2O3/c12-9-4-7(5-10(6-9)14(16)17)3-8-1-2-13-11(8)15/h4-6,8H,1-3H2,(H,13,15). The third kappa shape index (κ3) is 2.58. The summed E-state index contributed by atoms with van der Waals surface area (Å²) in [4.78, 5) is 21.3. The van der Waals surface area contributed by atoms with Gasteiger partial charge in [-0.15, -0.1) is 0 Å². The van der Waals surface area contributed by atoms with E-state index in [1.807, 2.05) is 0 Å². The van der Waals surface area contributed by atoms with Crippen LogP contribution in [-0.4, -0.2) is 17.4 Å². The largest absolute Gasteiger partial charge is 0.356 e. The molecule has 1 heterocycles. The van der Waals surface area contributed by atoms with Gasteiger partial charge in [0, 0.05) is 18.5 Å². The molecule has 5 nitrogen and oxygen atoms in total. The van der Waals surface area contributed by atoms with Gasteiger partial charge in [-0.25, -0.2) is 4.39 Å². The van der Waals surface area contributed by atoms with Crippen molar-refractivity contribution in [1.82, 2.24) is 5.32 Å². The van der Waals surface area contributed by atoms with Crippen LogP contribution in [0.2, 0.25) is 0 Å². The molecule has 1 saturated heterocycles. The van der Waals surface area contributed by atoms with Gasteiger partial charge in [0.15, 0.2) is 0 Å². The maximum Gasteiger partial charge on any atom is 0.272 e. The molecule has 1 aromatic carbocycles. The number of hydrogen-bond donors (Lipinski definition) is 1. The van der Waals surface area contributed by atoms with E-state index in [-0.39, 0.29) is 17.5 Å². The van der Waals surface area contributed by atoms with Gasteiger partial charge in [-0.2, -0.15) is 0 Å². The van der Waals surface area contributed by atoms with Crippen LogP contribution in [0.5, 0.6) is 0 Å². The maximum atomic E-state index is 13.2. The molecule has 0 bridgehead atoms. The second-order valence-corrected chi connectivity index (χ2v) is 4.06. The van der Waals surface area contributed by atoms with Crippen molar-refractivity contribution < 1.29 is 14.1 Å². The fourth-order valence-corrected chi connectivity index (χ4v) is 1.98. The highest BCUT2D eigenvalue weighted by Gasteiger charge is 2.25. The van der Waals surface area contributed by atoms with Gasteiger partial charge in [0.1, 0.15) is 5.82 Å². The summed E-state index contributed by atoms with van der Waals surface area (Å²) in [5.41, 5.74) is 0.206. The van der Waals surface area contributed by atoms with Crippen LogP contribution in [0.25, 0.3) is 0 Å². The lowest BCUT2D eigenvalue weighted by Crippen LogP contribution is -2.20. The van der Waals surface area contributed by atoms with Crippen molar-refractivity contribution in [1.29, 1.82) is 0 Å². The molecule has 1 aromatic rings. The quantitative estimate of drug-likeness (QED) is 0.639. The lowest BCUT2D eigenvalue weighted by atomic mass is 9.98. The zero-order valence-corrected chi connectivity index (χ0v) is 8.98. The highest BCUT2D eigenvalue weighted by atomic mass is 19.1. The molecule has 1 unspecified atom stereocenters. The van der Waals surface area contributed by atoms with E-state index in [1.54, 1.807) is 0 Å². The molecule has 90 valence electrons. The van der Waals surface area contributed by atoms with E-state index >= 15 is 0 Å². The molecule has 0 saturated carbocycles. The van der Waals surface area contributed by atoms with Gasteiger partial charge in [0.2, 0.25) is 5.91 Å². The van der Waals surface area contributed by atoms with Crippen molar-refractivity contribution in [3.8, 4) is 0 Å². The SMILES string of the molecule is O=C1NCCC1Cc1cc(F)cc([N+](=O)[O-])c1. The number of carbonyl (C=O) groups excluding carboxylic acids is 1. The Kier molecular flexibility index (Phi) is 3.03. The number of non-ortho nitro benzene ring substituents is 1. The van der Waals surface area contributed by atoms with Crippen molar-refractivity contribution >= 4 is 11.6 Å². The van der Waals surface area contributed by atoms with Crippen molar-refractivity contribution in [2.24, 2.45) is 5.92 Å². The number of benzene rings is 1. The summed E-state index contributed by atoms with van der Waals surface area (Å²) in [5.74, 6) is -0.930. The van der Waals surface area contributed by atoms with E-state index in [4.69, 9.17) is 0 Å². The Bertz CT molecular complexity index is 476. The average Bonchev–Trinajstić information content (AvgIpc) is 2.63. The third-order valence-corrected chi connectivity index (χ3v) is 2.80. The molecular weight excluding hydrogens is 227 g/mol. The molecule has 1 amide bonds. The van der Waals surface area contributed by atoms with Crippen molar-refractivity contribution in [3.05, 3.63) is 39.7 Å². The van der Waals surface area contributed by atoms with E-state index in [2.05, 4.69) is 5.32 Å². The van der Waals surface area contributed by atoms with Crippen LogP contribution in [-0.2, 0) is 11.2 Å². The van der Waals surface area contributed by atoms with Crippen LogP contribution in [0, 0.1) is 21.8 Å². The summed E-state index contributed by atoms with van der Waals surface area (Å²) >= 11 is 0. The number of hydrogen-bond acceptors (Lipinski definition) is 3. The molecule has 1 N–H and O–H groups in total. The average molecular weight is 238 g/mol. The Morgan fingerprint density at radius 3 is 2.82 bits per heavy atom. The number of amides is 1. The summed E-state index contributed by atoms with van der Waals surface area (Å²) in [6, 6.07) is 3.42. The molecular formula is C11H11FN2O3. The van der Waals surface area contributed by atoms with Gasteiger partial charge in [0.05, 0.1) is 11.0 Å². The Hall–Kier alpha value is -1.98. The van der Waals surface area contributed by atoms with Crippen LogP contribution in [0.1, 0.15) is 12.0 Å². The normalized spacial score (nSPS) is 19.1. The summed E-state index contributed by atoms with van der Waals surface area (Å²) < 4.78 is 13.2. The molecule has 6 heteroatoms. The lowest BCUT2D eigenvalue weighted by molar-refractivity contribution is -0.385. The number of nitrogens with zero attached hydrogens (tertiary/aromatic N) is 1. The molecule has 1 fully saturated rings. The van der Waals surface area contributed by atoms with Crippen LogP contribution in [0.3, 0.4) is 0 Å². The number of rotatable bonds is 3. The third-order valence-electron chi connectivity index (χ3n) is 2.80. The van der Waals surface area contributed by atoms with Gasteiger partial charge < -0.3 is 5.32 Å². The monoisotopic (exact) mass is 238 g/mol. The van der Waals surface area contributed by atoms with Gasteiger partial charge in [-0.3, -0.25) is 14.9 Å². The van der Waals surface area contributed by atoms with Crippen LogP contribution >= 0.6 is 0 Å². The smallest absolute Gasteiger partial charge is 0.272 e.